The summed E-state index contributed by atoms with van der Waals surface area (Å²) in [5.74, 6) is -0.429. The molecule has 2 N–H and O–H groups in total. The van der Waals surface area contributed by atoms with E-state index in [1.165, 1.54) is 11.1 Å². The maximum absolute atomic E-state index is 12.3. The lowest BCUT2D eigenvalue weighted by molar-refractivity contribution is -0.130. The van der Waals surface area contributed by atoms with Crippen molar-refractivity contribution in [3.8, 4) is 6.07 Å². The van der Waals surface area contributed by atoms with Crippen LogP contribution in [0.15, 0.2) is 11.8 Å². The van der Waals surface area contributed by atoms with Crippen LogP contribution in [0.25, 0.3) is 0 Å². The molecule has 0 aromatic heterocycles. The van der Waals surface area contributed by atoms with Gasteiger partial charge in [-0.15, -0.1) is 0 Å². The average molecular weight is 324 g/mol. The second-order valence-electron chi connectivity index (χ2n) is 6.02. The van der Waals surface area contributed by atoms with E-state index in [9.17, 15) is 14.9 Å². The highest BCUT2D eigenvalue weighted by Gasteiger charge is 2.25. The van der Waals surface area contributed by atoms with Gasteiger partial charge in [-0.05, 0) is 20.8 Å². The second kappa shape index (κ2) is 8.50. The second-order valence-corrected chi connectivity index (χ2v) is 6.02. The standard InChI is InChI=1S/C15H24N4O4/c1-15(2,3)23-14(21)19(5-4-16)11-12(10-17)13(20)18-6-8-22-9-7-18/h11H,4-9,16H2,1-3H3/b12-11-. The third-order valence-corrected chi connectivity index (χ3v) is 2.93. The first-order chi connectivity index (χ1) is 10.8. The lowest BCUT2D eigenvalue weighted by Crippen LogP contribution is -2.42. The Kier molecular flexibility index (Phi) is 7.00. The van der Waals surface area contributed by atoms with E-state index in [0.717, 1.165) is 4.90 Å². The van der Waals surface area contributed by atoms with Gasteiger partial charge in [0.2, 0.25) is 0 Å². The van der Waals surface area contributed by atoms with Gasteiger partial charge in [-0.1, -0.05) is 0 Å². The Morgan fingerprint density at radius 1 is 1.39 bits per heavy atom. The molecule has 0 aromatic carbocycles. The van der Waals surface area contributed by atoms with Crippen LogP contribution in [0.3, 0.4) is 0 Å². The van der Waals surface area contributed by atoms with Gasteiger partial charge >= 0.3 is 6.09 Å². The van der Waals surface area contributed by atoms with Crippen LogP contribution >= 0.6 is 0 Å². The third kappa shape index (κ3) is 6.26. The summed E-state index contributed by atoms with van der Waals surface area (Å²) in [6.45, 7) is 7.24. The summed E-state index contributed by atoms with van der Waals surface area (Å²) >= 11 is 0. The summed E-state index contributed by atoms with van der Waals surface area (Å²) in [5, 5.41) is 9.25. The molecule has 128 valence electrons. The van der Waals surface area contributed by atoms with Gasteiger partial charge in [0, 0.05) is 32.4 Å². The van der Waals surface area contributed by atoms with Gasteiger partial charge in [-0.3, -0.25) is 9.69 Å². The van der Waals surface area contributed by atoms with Crippen molar-refractivity contribution in [3.63, 3.8) is 0 Å². The van der Waals surface area contributed by atoms with Crippen LogP contribution in [0.2, 0.25) is 0 Å². The van der Waals surface area contributed by atoms with Crippen molar-refractivity contribution in [1.82, 2.24) is 9.80 Å². The van der Waals surface area contributed by atoms with Crippen LogP contribution in [-0.2, 0) is 14.3 Å². The number of nitrogens with zero attached hydrogens (tertiary/aromatic N) is 3. The molecule has 8 nitrogen and oxygen atoms in total. The molecule has 1 aliphatic rings. The third-order valence-electron chi connectivity index (χ3n) is 2.93. The molecule has 0 aromatic rings. The Morgan fingerprint density at radius 3 is 2.48 bits per heavy atom. The first-order valence-corrected chi connectivity index (χ1v) is 7.47. The van der Waals surface area contributed by atoms with E-state index in [4.69, 9.17) is 15.2 Å². The van der Waals surface area contributed by atoms with Gasteiger partial charge in [-0.25, -0.2) is 4.79 Å². The molecule has 0 spiro atoms. The molecule has 0 radical (unpaired) electrons. The van der Waals surface area contributed by atoms with Crippen molar-refractivity contribution in [2.45, 2.75) is 26.4 Å². The lowest BCUT2D eigenvalue weighted by Gasteiger charge is -2.28. The van der Waals surface area contributed by atoms with E-state index in [1.54, 1.807) is 20.8 Å². The van der Waals surface area contributed by atoms with Crippen molar-refractivity contribution in [2.75, 3.05) is 39.4 Å². The molecule has 0 aliphatic carbocycles. The fourth-order valence-corrected chi connectivity index (χ4v) is 1.89. The first kappa shape index (κ1) is 18.9. The normalized spacial score (nSPS) is 15.8. The number of hydrogen-bond donors (Lipinski definition) is 1. The molecule has 0 unspecified atom stereocenters. The number of nitrogens with two attached hydrogens (primary N) is 1. The monoisotopic (exact) mass is 324 g/mol. The molecule has 1 heterocycles. The van der Waals surface area contributed by atoms with Gasteiger partial charge in [0.1, 0.15) is 17.2 Å². The molecule has 2 amide bonds. The maximum Gasteiger partial charge on any atom is 0.414 e. The molecule has 1 aliphatic heterocycles. The Balaban J connectivity index is 2.91. The van der Waals surface area contributed by atoms with Gasteiger partial charge in [0.15, 0.2) is 0 Å². The minimum absolute atomic E-state index is 0.133. The van der Waals surface area contributed by atoms with Crippen LogP contribution in [0.1, 0.15) is 20.8 Å². The lowest BCUT2D eigenvalue weighted by atomic mass is 10.2. The summed E-state index contributed by atoms with van der Waals surface area (Å²) in [7, 11) is 0. The molecule has 1 fully saturated rings. The van der Waals surface area contributed by atoms with Crippen LogP contribution in [0.4, 0.5) is 4.79 Å². The number of carbonyl (C=O) groups is 2. The Morgan fingerprint density at radius 2 is 2.00 bits per heavy atom. The maximum atomic E-state index is 12.3. The number of hydrogen-bond acceptors (Lipinski definition) is 6. The zero-order chi connectivity index (χ0) is 17.5. The molecule has 0 atom stereocenters. The molecule has 0 bridgehead atoms. The van der Waals surface area contributed by atoms with Crippen molar-refractivity contribution in [1.29, 1.82) is 5.26 Å². The van der Waals surface area contributed by atoms with Crippen molar-refractivity contribution in [3.05, 3.63) is 11.8 Å². The number of morpholine rings is 1. The van der Waals surface area contributed by atoms with Gasteiger partial charge in [0.25, 0.3) is 5.91 Å². The highest BCUT2D eigenvalue weighted by Crippen LogP contribution is 2.12. The number of nitriles is 1. The summed E-state index contributed by atoms with van der Waals surface area (Å²) in [4.78, 5) is 27.2. The topological polar surface area (TPSA) is 109 Å². The van der Waals surface area contributed by atoms with Crippen LogP contribution < -0.4 is 5.73 Å². The highest BCUT2D eigenvalue weighted by atomic mass is 16.6. The van der Waals surface area contributed by atoms with E-state index in [-0.39, 0.29) is 18.7 Å². The summed E-state index contributed by atoms with van der Waals surface area (Å²) < 4.78 is 10.4. The number of rotatable bonds is 4. The number of ether oxygens (including phenoxy) is 2. The average Bonchev–Trinajstić information content (AvgIpc) is 2.50. The number of carbonyl (C=O) groups excluding carboxylic acids is 2. The predicted octanol–water partition coefficient (Wildman–Crippen LogP) is 0.448. The van der Waals surface area contributed by atoms with Gasteiger partial charge < -0.3 is 20.1 Å². The largest absolute Gasteiger partial charge is 0.443 e. The molecular weight excluding hydrogens is 300 g/mol. The minimum Gasteiger partial charge on any atom is -0.443 e. The quantitative estimate of drug-likeness (QED) is 0.594. The van der Waals surface area contributed by atoms with Gasteiger partial charge in [0.05, 0.1) is 13.2 Å². The van der Waals surface area contributed by atoms with E-state index >= 15 is 0 Å². The van der Waals surface area contributed by atoms with E-state index in [1.807, 2.05) is 6.07 Å². The van der Waals surface area contributed by atoms with Crippen molar-refractivity contribution >= 4 is 12.0 Å². The van der Waals surface area contributed by atoms with Crippen molar-refractivity contribution in [2.24, 2.45) is 5.73 Å². The molecule has 1 saturated heterocycles. The zero-order valence-corrected chi connectivity index (χ0v) is 13.9. The van der Waals surface area contributed by atoms with Gasteiger partial charge in [-0.2, -0.15) is 5.26 Å². The summed E-state index contributed by atoms with van der Waals surface area (Å²) in [6, 6.07) is 1.84. The van der Waals surface area contributed by atoms with E-state index < -0.39 is 17.6 Å². The van der Waals surface area contributed by atoms with Crippen LogP contribution in [0, 0.1) is 11.3 Å². The Labute approximate surface area is 136 Å². The van der Waals surface area contributed by atoms with Crippen LogP contribution in [0.5, 0.6) is 0 Å². The zero-order valence-electron chi connectivity index (χ0n) is 13.9. The Hall–Kier alpha value is -2.11. The van der Waals surface area contributed by atoms with E-state index in [2.05, 4.69) is 0 Å². The molecule has 0 saturated carbocycles. The fourth-order valence-electron chi connectivity index (χ4n) is 1.89. The fraction of sp³-hybridized carbons (Fsp3) is 0.667. The smallest absolute Gasteiger partial charge is 0.414 e. The molecule has 1 rings (SSSR count). The van der Waals surface area contributed by atoms with E-state index in [0.29, 0.717) is 26.3 Å². The summed E-state index contributed by atoms with van der Waals surface area (Å²) in [5.41, 5.74) is 4.68. The molecule has 23 heavy (non-hydrogen) atoms. The minimum atomic E-state index is -0.682. The summed E-state index contributed by atoms with van der Waals surface area (Å²) in [6.07, 6.45) is 0.559. The Bertz CT molecular complexity index is 499. The SMILES string of the molecule is CC(C)(C)OC(=O)N(/C=C(/C#N)C(=O)N1CCOCC1)CCN. The molecule has 8 heteroatoms. The van der Waals surface area contributed by atoms with Crippen molar-refractivity contribution < 1.29 is 19.1 Å². The highest BCUT2D eigenvalue weighted by molar-refractivity contribution is 5.97. The van der Waals surface area contributed by atoms with Crippen LogP contribution in [-0.4, -0.2) is 66.8 Å². The first-order valence-electron chi connectivity index (χ1n) is 7.47. The molecular formula is C15H24N4O4. The predicted molar refractivity (Wildman–Crippen MR) is 83.1 cm³/mol. The number of amides is 2.